The van der Waals surface area contributed by atoms with E-state index in [0.717, 1.165) is 16.9 Å². The second-order valence-electron chi connectivity index (χ2n) is 4.60. The third-order valence-corrected chi connectivity index (χ3v) is 3.60. The van der Waals surface area contributed by atoms with E-state index in [9.17, 15) is 9.18 Å². The highest BCUT2D eigenvalue weighted by Gasteiger charge is 2.16. The first-order chi connectivity index (χ1) is 9.43. The molecule has 104 valence electrons. The molecular weight excluding hydrogens is 323 g/mol. The van der Waals surface area contributed by atoms with Crippen molar-refractivity contribution in [3.63, 3.8) is 0 Å². The molecule has 0 aliphatic rings. The molecule has 0 aliphatic heterocycles. The van der Waals surface area contributed by atoms with Gasteiger partial charge in [0, 0.05) is 10.0 Å². The highest BCUT2D eigenvalue weighted by atomic mass is 79.9. The molecular formula is C16H14BrFO2. The second-order valence-corrected chi connectivity index (χ2v) is 5.51. The quantitative estimate of drug-likeness (QED) is 0.774. The van der Waals surface area contributed by atoms with Crippen LogP contribution in [0.4, 0.5) is 4.39 Å². The average Bonchev–Trinajstić information content (AvgIpc) is 2.37. The summed E-state index contributed by atoms with van der Waals surface area (Å²) in [6.45, 7) is 3.72. The number of carbonyl (C=O) groups excluding carboxylic acids is 1. The number of hydrogen-bond acceptors (Lipinski definition) is 2. The van der Waals surface area contributed by atoms with E-state index < -0.39 is 5.82 Å². The minimum atomic E-state index is -0.532. The van der Waals surface area contributed by atoms with Crippen molar-refractivity contribution < 1.29 is 13.9 Å². The van der Waals surface area contributed by atoms with Gasteiger partial charge in [-0.2, -0.15) is 0 Å². The van der Waals surface area contributed by atoms with Crippen molar-refractivity contribution in [3.05, 3.63) is 62.9 Å². The summed E-state index contributed by atoms with van der Waals surface area (Å²) < 4.78 is 19.7. The van der Waals surface area contributed by atoms with E-state index >= 15 is 0 Å². The van der Waals surface area contributed by atoms with E-state index in [-0.39, 0.29) is 11.3 Å². The third-order valence-electron chi connectivity index (χ3n) is 3.10. The van der Waals surface area contributed by atoms with E-state index in [4.69, 9.17) is 4.74 Å². The number of halogens is 2. The molecule has 0 bridgehead atoms. The van der Waals surface area contributed by atoms with Crippen molar-refractivity contribution in [1.82, 2.24) is 0 Å². The number of methoxy groups -OCH3 is 1. The number of benzene rings is 2. The van der Waals surface area contributed by atoms with Gasteiger partial charge in [0.05, 0.1) is 12.7 Å². The molecule has 0 N–H and O–H groups in total. The molecule has 20 heavy (non-hydrogen) atoms. The molecule has 0 fully saturated rings. The summed E-state index contributed by atoms with van der Waals surface area (Å²) in [7, 11) is 1.59. The number of ether oxygens (including phenoxy) is 1. The highest BCUT2D eigenvalue weighted by Crippen LogP contribution is 2.26. The Balaban J connectivity index is 2.49. The van der Waals surface area contributed by atoms with Gasteiger partial charge >= 0.3 is 0 Å². The van der Waals surface area contributed by atoms with Gasteiger partial charge in [0.25, 0.3) is 0 Å². The van der Waals surface area contributed by atoms with E-state index in [1.165, 1.54) is 12.1 Å². The minimum absolute atomic E-state index is 0.0668. The average molecular weight is 337 g/mol. The predicted molar refractivity (Wildman–Crippen MR) is 80.0 cm³/mol. The standard InChI is InChI=1S/C16H14BrFO2/c1-9-6-11(7-10(2)16(9)20-3)15(19)13-5-4-12(17)8-14(13)18/h4-8H,1-3H3. The summed E-state index contributed by atoms with van der Waals surface area (Å²) in [6, 6.07) is 7.86. The van der Waals surface area contributed by atoms with E-state index in [0.29, 0.717) is 10.0 Å². The molecule has 0 aromatic heterocycles. The van der Waals surface area contributed by atoms with Gasteiger partial charge in [-0.05, 0) is 55.3 Å². The van der Waals surface area contributed by atoms with Crippen LogP contribution in [0.2, 0.25) is 0 Å². The fraction of sp³-hybridized carbons (Fsp3) is 0.188. The van der Waals surface area contributed by atoms with E-state index in [1.54, 1.807) is 25.3 Å². The van der Waals surface area contributed by atoms with Gasteiger partial charge in [0.2, 0.25) is 0 Å². The molecule has 0 saturated carbocycles. The Morgan fingerprint density at radius 3 is 2.25 bits per heavy atom. The lowest BCUT2D eigenvalue weighted by Crippen LogP contribution is -2.06. The normalized spacial score (nSPS) is 10.4. The topological polar surface area (TPSA) is 26.3 Å². The van der Waals surface area contributed by atoms with Crippen molar-refractivity contribution in [2.24, 2.45) is 0 Å². The summed E-state index contributed by atoms with van der Waals surface area (Å²) in [6.07, 6.45) is 0. The first kappa shape index (κ1) is 14.7. The molecule has 0 amide bonds. The van der Waals surface area contributed by atoms with Crippen LogP contribution in [0.5, 0.6) is 5.75 Å². The maximum Gasteiger partial charge on any atom is 0.195 e. The van der Waals surface area contributed by atoms with Crippen LogP contribution in [-0.4, -0.2) is 12.9 Å². The lowest BCUT2D eigenvalue weighted by molar-refractivity contribution is 0.103. The summed E-state index contributed by atoms with van der Waals surface area (Å²) in [5.41, 5.74) is 2.24. The van der Waals surface area contributed by atoms with Crippen LogP contribution < -0.4 is 4.74 Å². The van der Waals surface area contributed by atoms with Crippen molar-refractivity contribution in [3.8, 4) is 5.75 Å². The van der Waals surface area contributed by atoms with Gasteiger partial charge in [0.15, 0.2) is 5.78 Å². The molecule has 2 rings (SSSR count). The van der Waals surface area contributed by atoms with Crippen molar-refractivity contribution >= 4 is 21.7 Å². The van der Waals surface area contributed by atoms with Crippen molar-refractivity contribution in [2.75, 3.05) is 7.11 Å². The lowest BCUT2D eigenvalue weighted by Gasteiger charge is -2.11. The van der Waals surface area contributed by atoms with Crippen LogP contribution >= 0.6 is 15.9 Å². The van der Waals surface area contributed by atoms with E-state index in [2.05, 4.69) is 15.9 Å². The first-order valence-electron chi connectivity index (χ1n) is 6.09. The molecule has 0 atom stereocenters. The number of aryl methyl sites for hydroxylation is 2. The van der Waals surface area contributed by atoms with Gasteiger partial charge in [-0.3, -0.25) is 4.79 Å². The van der Waals surface area contributed by atoms with Gasteiger partial charge < -0.3 is 4.74 Å². The third kappa shape index (κ3) is 2.75. The molecule has 0 aliphatic carbocycles. The largest absolute Gasteiger partial charge is 0.496 e. The molecule has 0 heterocycles. The molecule has 0 radical (unpaired) electrons. The highest BCUT2D eigenvalue weighted by molar-refractivity contribution is 9.10. The minimum Gasteiger partial charge on any atom is -0.496 e. The zero-order valence-corrected chi connectivity index (χ0v) is 13.0. The Kier molecular flexibility index (Phi) is 4.23. The van der Waals surface area contributed by atoms with Crippen LogP contribution in [0.1, 0.15) is 27.0 Å². The van der Waals surface area contributed by atoms with Crippen molar-refractivity contribution in [2.45, 2.75) is 13.8 Å². The summed E-state index contributed by atoms with van der Waals surface area (Å²) >= 11 is 3.18. The summed E-state index contributed by atoms with van der Waals surface area (Å²) in [5.74, 6) is -0.114. The van der Waals surface area contributed by atoms with Gasteiger partial charge in [-0.25, -0.2) is 4.39 Å². The number of carbonyl (C=O) groups is 1. The second kappa shape index (κ2) is 5.75. The van der Waals surface area contributed by atoms with Gasteiger partial charge in [-0.15, -0.1) is 0 Å². The lowest BCUT2D eigenvalue weighted by atomic mass is 9.98. The molecule has 0 unspecified atom stereocenters. The van der Waals surface area contributed by atoms with E-state index in [1.807, 2.05) is 13.8 Å². The first-order valence-corrected chi connectivity index (χ1v) is 6.88. The number of ketones is 1. The van der Waals surface area contributed by atoms with Crippen LogP contribution in [0.15, 0.2) is 34.8 Å². The Bertz CT molecular complexity index is 657. The summed E-state index contributed by atoms with van der Waals surface area (Å²) in [5, 5.41) is 0. The number of rotatable bonds is 3. The monoisotopic (exact) mass is 336 g/mol. The smallest absolute Gasteiger partial charge is 0.195 e. The molecule has 2 nitrogen and oxygen atoms in total. The molecule has 0 saturated heterocycles. The maximum absolute atomic E-state index is 13.9. The number of hydrogen-bond donors (Lipinski definition) is 0. The molecule has 2 aromatic rings. The zero-order chi connectivity index (χ0) is 14.9. The van der Waals surface area contributed by atoms with Crippen LogP contribution in [-0.2, 0) is 0 Å². The molecule has 2 aromatic carbocycles. The maximum atomic E-state index is 13.9. The van der Waals surface area contributed by atoms with Crippen LogP contribution in [0, 0.1) is 19.7 Å². The van der Waals surface area contributed by atoms with Crippen LogP contribution in [0.25, 0.3) is 0 Å². The summed E-state index contributed by atoms with van der Waals surface area (Å²) in [4.78, 5) is 12.4. The molecule has 4 heteroatoms. The van der Waals surface area contributed by atoms with Gasteiger partial charge in [-0.1, -0.05) is 15.9 Å². The molecule has 0 spiro atoms. The fourth-order valence-corrected chi connectivity index (χ4v) is 2.57. The van der Waals surface area contributed by atoms with Gasteiger partial charge in [0.1, 0.15) is 11.6 Å². The fourth-order valence-electron chi connectivity index (χ4n) is 2.23. The SMILES string of the molecule is COc1c(C)cc(C(=O)c2ccc(Br)cc2F)cc1C. The zero-order valence-electron chi connectivity index (χ0n) is 11.5. The predicted octanol–water partition coefficient (Wildman–Crippen LogP) is 4.44. The van der Waals surface area contributed by atoms with Crippen molar-refractivity contribution in [1.29, 1.82) is 0 Å². The Labute approximate surface area is 125 Å². The van der Waals surface area contributed by atoms with Crippen LogP contribution in [0.3, 0.4) is 0 Å². The Morgan fingerprint density at radius 1 is 1.15 bits per heavy atom. The Hall–Kier alpha value is -1.68. The Morgan fingerprint density at radius 2 is 1.75 bits per heavy atom.